The van der Waals surface area contributed by atoms with Crippen LogP contribution in [0.5, 0.6) is 0 Å². The number of hydrogen-bond donors (Lipinski definition) is 0. The Morgan fingerprint density at radius 1 is 0.783 bits per heavy atom. The first-order valence-corrected chi connectivity index (χ1v) is 7.10. The van der Waals surface area contributed by atoms with Crippen LogP contribution in [0.25, 0.3) is 16.5 Å². The highest BCUT2D eigenvalue weighted by molar-refractivity contribution is 6.50. The van der Waals surface area contributed by atoms with Crippen LogP contribution >= 0.6 is 0 Å². The zero-order chi connectivity index (χ0) is 17.0. The average Bonchev–Trinajstić information content (AvgIpc) is 2.50. The van der Waals surface area contributed by atoms with Crippen LogP contribution in [0, 0.1) is 13.8 Å². The van der Waals surface area contributed by atoms with Gasteiger partial charge in [-0.2, -0.15) is 4.57 Å². The predicted molar refractivity (Wildman–Crippen MR) is 85.1 cm³/mol. The normalized spacial score (nSPS) is 11.0. The lowest BCUT2D eigenvalue weighted by Crippen LogP contribution is -2.34. The van der Waals surface area contributed by atoms with E-state index in [1.165, 1.54) is 27.7 Å². The smallest absolute Gasteiger partial charge is 0.418 e. The van der Waals surface area contributed by atoms with Gasteiger partial charge in [0, 0.05) is 30.0 Å². The van der Waals surface area contributed by atoms with Crippen LogP contribution in [0.4, 0.5) is 17.3 Å². The Morgan fingerprint density at radius 3 is 1.91 bits per heavy atom. The maximum absolute atomic E-state index is 9.75. The van der Waals surface area contributed by atoms with Crippen molar-refractivity contribution < 1.29 is 21.8 Å². The van der Waals surface area contributed by atoms with Gasteiger partial charge < -0.3 is 17.3 Å². The number of nitrogens with zero attached hydrogens (tertiary/aromatic N) is 1. The number of hydrogen-bond acceptors (Lipinski definition) is 0. The van der Waals surface area contributed by atoms with Gasteiger partial charge in [0.05, 0.1) is 0 Å². The molecule has 0 saturated heterocycles. The van der Waals surface area contributed by atoms with Crippen molar-refractivity contribution in [1.82, 2.24) is 0 Å². The minimum Gasteiger partial charge on any atom is -0.418 e. The van der Waals surface area contributed by atoms with Crippen molar-refractivity contribution in [3.63, 3.8) is 0 Å². The Labute approximate surface area is 132 Å². The van der Waals surface area contributed by atoms with Crippen LogP contribution in [-0.2, 0) is 0 Å². The van der Waals surface area contributed by atoms with E-state index in [4.69, 9.17) is 0 Å². The number of fused-ring (bicyclic) bond motifs is 1. The lowest BCUT2D eigenvalue weighted by Gasteiger charge is -2.06. The van der Waals surface area contributed by atoms with Gasteiger partial charge in [0.1, 0.15) is 0 Å². The molecule has 0 fully saturated rings. The second kappa shape index (κ2) is 6.81. The first kappa shape index (κ1) is 17.0. The molecule has 0 aliphatic heterocycles. The predicted octanol–water partition coefficient (Wildman–Crippen LogP) is 5.03. The maximum Gasteiger partial charge on any atom is 0.673 e. The first-order valence-electron chi connectivity index (χ1n) is 7.10. The summed E-state index contributed by atoms with van der Waals surface area (Å²) in [7, 11) is -6.00. The van der Waals surface area contributed by atoms with Gasteiger partial charge in [0.2, 0.25) is 5.69 Å². The van der Waals surface area contributed by atoms with E-state index in [1.54, 1.807) is 0 Å². The lowest BCUT2D eigenvalue weighted by atomic mass is 10.1. The number of pyridine rings is 1. The van der Waals surface area contributed by atoms with E-state index in [9.17, 15) is 17.3 Å². The fourth-order valence-corrected chi connectivity index (χ4v) is 2.42. The molecule has 0 aliphatic carbocycles. The van der Waals surface area contributed by atoms with Crippen molar-refractivity contribution in [2.45, 2.75) is 13.8 Å². The number of para-hydroxylation sites is 1. The summed E-state index contributed by atoms with van der Waals surface area (Å²) < 4.78 is 41.3. The molecule has 2 aromatic carbocycles. The molecule has 0 N–H and O–H groups in total. The van der Waals surface area contributed by atoms with Crippen molar-refractivity contribution >= 4 is 18.0 Å². The van der Waals surface area contributed by atoms with E-state index < -0.39 is 7.25 Å². The summed E-state index contributed by atoms with van der Waals surface area (Å²) in [6.07, 6.45) is 2.22. The monoisotopic (exact) mass is 321 g/mol. The van der Waals surface area contributed by atoms with Gasteiger partial charge in [-0.3, -0.25) is 0 Å². The summed E-state index contributed by atoms with van der Waals surface area (Å²) in [5.74, 6) is 0. The molecule has 1 nitrogen and oxygen atoms in total. The van der Waals surface area contributed by atoms with Crippen molar-refractivity contribution in [1.29, 1.82) is 0 Å². The molecule has 6 heteroatoms. The molecule has 120 valence electrons. The first-order chi connectivity index (χ1) is 10.8. The second-order valence-electron chi connectivity index (χ2n) is 5.13. The van der Waals surface area contributed by atoms with Crippen molar-refractivity contribution in [3.05, 3.63) is 72.1 Å². The maximum atomic E-state index is 9.75. The van der Waals surface area contributed by atoms with Crippen molar-refractivity contribution in [2.75, 3.05) is 0 Å². The summed E-state index contributed by atoms with van der Waals surface area (Å²) in [6.45, 7) is 4.37. The molecule has 0 aliphatic rings. The summed E-state index contributed by atoms with van der Waals surface area (Å²) in [5, 5.41) is 2.62. The van der Waals surface area contributed by atoms with E-state index >= 15 is 0 Å². The number of aryl methyl sites for hydroxylation is 1. The van der Waals surface area contributed by atoms with Gasteiger partial charge in [-0.1, -0.05) is 36.4 Å². The number of aromatic nitrogens is 1. The Bertz CT molecular complexity index is 795. The summed E-state index contributed by atoms with van der Waals surface area (Å²) >= 11 is 0. The molecule has 0 saturated carbocycles. The van der Waals surface area contributed by atoms with Crippen molar-refractivity contribution in [3.8, 4) is 5.69 Å². The second-order valence-corrected chi connectivity index (χ2v) is 5.13. The van der Waals surface area contributed by atoms with Gasteiger partial charge in [0.25, 0.3) is 0 Å². The summed E-state index contributed by atoms with van der Waals surface area (Å²) in [6, 6.07) is 19.0. The van der Waals surface area contributed by atoms with Crippen LogP contribution in [0.1, 0.15) is 11.3 Å². The fourth-order valence-electron chi connectivity index (χ4n) is 2.42. The van der Waals surface area contributed by atoms with E-state index in [0.29, 0.717) is 0 Å². The van der Waals surface area contributed by atoms with Crippen LogP contribution in [0.15, 0.2) is 60.8 Å². The highest BCUT2D eigenvalue weighted by Gasteiger charge is 2.20. The SMILES string of the molecule is Cc1c(C)[n+](-c2ccccc2)cc2ccccc12.F[B-](F)(F)F. The van der Waals surface area contributed by atoms with E-state index in [2.05, 4.69) is 73.1 Å². The average molecular weight is 321 g/mol. The van der Waals surface area contributed by atoms with Crippen LogP contribution in [-0.4, -0.2) is 7.25 Å². The van der Waals surface area contributed by atoms with Crippen LogP contribution in [0.3, 0.4) is 0 Å². The lowest BCUT2D eigenvalue weighted by molar-refractivity contribution is -0.601. The van der Waals surface area contributed by atoms with Gasteiger partial charge in [0.15, 0.2) is 11.9 Å². The van der Waals surface area contributed by atoms with Crippen LogP contribution in [0.2, 0.25) is 0 Å². The quantitative estimate of drug-likeness (QED) is 0.336. The molecular weight excluding hydrogens is 305 g/mol. The molecular formula is C17H16BF4N. The van der Waals surface area contributed by atoms with Gasteiger partial charge >= 0.3 is 7.25 Å². The molecule has 0 radical (unpaired) electrons. The Balaban J connectivity index is 0.000000338. The Kier molecular flexibility index (Phi) is 5.03. The summed E-state index contributed by atoms with van der Waals surface area (Å²) in [4.78, 5) is 0. The molecule has 0 atom stereocenters. The fraction of sp³-hybridized carbons (Fsp3) is 0.118. The molecule has 0 bridgehead atoms. The largest absolute Gasteiger partial charge is 0.673 e. The van der Waals surface area contributed by atoms with Crippen LogP contribution < -0.4 is 4.57 Å². The third-order valence-electron chi connectivity index (χ3n) is 3.57. The molecule has 0 spiro atoms. The van der Waals surface area contributed by atoms with E-state index in [1.807, 2.05) is 6.07 Å². The minimum absolute atomic E-state index is 1.21. The minimum atomic E-state index is -6.00. The standard InChI is InChI=1S/C17H16N.BF4/c1-13-14(2)18(16-9-4-3-5-10-16)12-15-8-6-7-11-17(13)15;2-1(3,4)5/h3-12H,1-2H3;/q+1;-1. The number of rotatable bonds is 1. The summed E-state index contributed by atoms with van der Waals surface area (Å²) in [5.41, 5.74) is 3.85. The molecule has 1 aromatic heterocycles. The molecule has 23 heavy (non-hydrogen) atoms. The topological polar surface area (TPSA) is 3.88 Å². The molecule has 0 amide bonds. The molecule has 3 rings (SSSR count). The van der Waals surface area contributed by atoms with E-state index in [-0.39, 0.29) is 0 Å². The van der Waals surface area contributed by atoms with Gasteiger partial charge in [-0.05, 0) is 18.4 Å². The Morgan fingerprint density at radius 2 is 1.30 bits per heavy atom. The highest BCUT2D eigenvalue weighted by atomic mass is 19.5. The zero-order valence-corrected chi connectivity index (χ0v) is 12.8. The van der Waals surface area contributed by atoms with E-state index in [0.717, 1.165) is 0 Å². The molecule has 1 heterocycles. The molecule has 0 unspecified atom stereocenters. The Hall–Kier alpha value is -2.37. The van der Waals surface area contributed by atoms with Gasteiger partial charge in [-0.15, -0.1) is 0 Å². The third kappa shape index (κ3) is 4.55. The number of benzene rings is 2. The zero-order valence-electron chi connectivity index (χ0n) is 12.8. The number of halogens is 4. The third-order valence-corrected chi connectivity index (χ3v) is 3.57. The van der Waals surface area contributed by atoms with Crippen molar-refractivity contribution in [2.24, 2.45) is 0 Å². The van der Waals surface area contributed by atoms with Gasteiger partial charge in [-0.25, -0.2) is 0 Å². The highest BCUT2D eigenvalue weighted by Crippen LogP contribution is 2.19. The molecule has 3 aromatic rings.